The molecular formula is C67H59Cl3F6Ir2N9Na2O3P2+. The zero-order chi connectivity index (χ0) is 64.4. The Balaban J connectivity index is 0.000000574. The Morgan fingerprint density at radius 1 is 0.585 bits per heavy atom. The van der Waals surface area contributed by atoms with E-state index >= 15 is 0 Å². The normalized spacial score (nSPS) is 10.2. The van der Waals surface area contributed by atoms with Crippen molar-refractivity contribution in [2.45, 2.75) is 39.0 Å². The molecule has 6 heterocycles. The zero-order valence-corrected chi connectivity index (χ0v) is 62.7. The molecule has 0 saturated heterocycles. The van der Waals surface area contributed by atoms with Crippen LogP contribution in [0.1, 0.15) is 37.1 Å². The van der Waals surface area contributed by atoms with E-state index in [4.69, 9.17) is 38.8 Å². The molecule has 0 fully saturated rings. The summed E-state index contributed by atoms with van der Waals surface area (Å²) in [5, 5.41) is 34.1. The maximum absolute atomic E-state index is 12.2. The molecule has 12 nitrogen and oxygen atoms in total. The third-order valence-electron chi connectivity index (χ3n) is 11.9. The van der Waals surface area contributed by atoms with Gasteiger partial charge in [0.15, 0.2) is 0 Å². The van der Waals surface area contributed by atoms with Gasteiger partial charge in [-0.05, 0) is 104 Å². The molecule has 0 atom stereocenters. The average molecular weight is 1750 g/mol. The van der Waals surface area contributed by atoms with Crippen LogP contribution in [0.2, 0.25) is 0 Å². The van der Waals surface area contributed by atoms with E-state index in [1.165, 1.54) is 44.7 Å². The second-order valence-corrected chi connectivity index (χ2v) is 33.2. The van der Waals surface area contributed by atoms with Crippen LogP contribution in [0.3, 0.4) is 0 Å². The molecule has 0 aliphatic carbocycles. The van der Waals surface area contributed by atoms with Crippen molar-refractivity contribution in [3.8, 4) is 34.2 Å². The van der Waals surface area contributed by atoms with Crippen LogP contribution >= 0.6 is 44.6 Å². The Labute approximate surface area is 621 Å². The molecule has 27 heteroatoms. The number of nitrogens with zero attached hydrogens (tertiary/aromatic N) is 8. The monoisotopic (exact) mass is 1750 g/mol. The van der Waals surface area contributed by atoms with Crippen molar-refractivity contribution < 1.29 is 135 Å². The van der Waals surface area contributed by atoms with Gasteiger partial charge in [-0.15, -0.1) is 5.56 Å². The number of benzene rings is 6. The van der Waals surface area contributed by atoms with Crippen molar-refractivity contribution >= 4 is 72.3 Å². The van der Waals surface area contributed by atoms with Crippen LogP contribution in [0.4, 0.5) is 26.3 Å². The number of carbonyl (C=O) groups is 1. The van der Waals surface area contributed by atoms with Gasteiger partial charge in [-0.2, -0.15) is 61.8 Å². The molecule has 482 valence electrons. The summed E-state index contributed by atoms with van der Waals surface area (Å²) < 4.78 is 73.3. The van der Waals surface area contributed by atoms with E-state index in [1.54, 1.807) is 42.6 Å². The number of hydrogen-bond acceptors (Lipinski definition) is 9. The second-order valence-electron chi connectivity index (χ2n) is 18.1. The largest absolute Gasteiger partial charge is 3.00 e. The molecule has 94 heavy (non-hydrogen) atoms. The van der Waals surface area contributed by atoms with E-state index in [1.807, 2.05) is 48.4 Å². The maximum atomic E-state index is 12.2. The van der Waals surface area contributed by atoms with Gasteiger partial charge in [-0.3, -0.25) is 24.8 Å². The minimum absolute atomic E-state index is 0. The van der Waals surface area contributed by atoms with Crippen molar-refractivity contribution in [3.05, 3.63) is 302 Å². The smallest absolute Gasteiger partial charge is 1.00 e. The van der Waals surface area contributed by atoms with Crippen LogP contribution in [0, 0.1) is 13.0 Å². The quantitative estimate of drug-likeness (QED) is 0.0235. The van der Waals surface area contributed by atoms with Crippen LogP contribution in [-0.2, 0) is 67.9 Å². The molecule has 0 spiro atoms. The van der Waals surface area contributed by atoms with E-state index in [-0.39, 0.29) is 114 Å². The fraction of sp³-hybridized carbons (Fsp3) is 0.0896. The summed E-state index contributed by atoms with van der Waals surface area (Å²) in [7, 11) is 13.8. The zero-order valence-electron chi connectivity index (χ0n) is 50.7. The molecule has 0 unspecified atom stereocenters. The third kappa shape index (κ3) is 31.1. The first-order valence-electron chi connectivity index (χ1n) is 26.6. The second kappa shape index (κ2) is 46.6. The first-order valence-corrected chi connectivity index (χ1v) is 38.8. The van der Waals surface area contributed by atoms with Crippen molar-refractivity contribution in [3.63, 3.8) is 0 Å². The summed E-state index contributed by atoms with van der Waals surface area (Å²) in [6, 6.07) is 85.3. The first kappa shape index (κ1) is 84.5. The summed E-state index contributed by atoms with van der Waals surface area (Å²) in [4.78, 5) is 23.2. The summed E-state index contributed by atoms with van der Waals surface area (Å²) in [6.45, 7) is 1.74. The van der Waals surface area contributed by atoms with E-state index in [2.05, 4.69) is 215 Å². The van der Waals surface area contributed by atoms with E-state index in [0.29, 0.717) is 11.4 Å². The molecule has 12 rings (SSSR count). The van der Waals surface area contributed by atoms with Gasteiger partial charge in [-0.1, -0.05) is 170 Å². The molecule has 6 aromatic carbocycles. The van der Waals surface area contributed by atoms with Crippen LogP contribution in [0.15, 0.2) is 267 Å². The van der Waals surface area contributed by atoms with Gasteiger partial charge in [0, 0.05) is 41.8 Å². The van der Waals surface area contributed by atoms with Gasteiger partial charge in [-0.25, -0.2) is 0 Å². The minimum atomic E-state index is -4.46. The fourth-order valence-corrected chi connectivity index (χ4v) is 12.7. The molecule has 6 aromatic heterocycles. The number of halogens is 9. The third-order valence-corrected chi connectivity index (χ3v) is 17.2. The summed E-state index contributed by atoms with van der Waals surface area (Å²) >= 11 is -1.92. The van der Waals surface area contributed by atoms with E-state index < -0.39 is 45.1 Å². The number of H-pyrrole nitrogens is 1. The number of aromatic nitrogens is 9. The summed E-state index contributed by atoms with van der Waals surface area (Å²) in [5.74, 6) is 0. The number of alkyl halides is 6. The van der Waals surface area contributed by atoms with Crippen molar-refractivity contribution in [1.29, 1.82) is 0 Å². The number of rotatable bonds is 12. The van der Waals surface area contributed by atoms with Crippen LogP contribution in [0.25, 0.3) is 34.2 Å². The van der Waals surface area contributed by atoms with Crippen molar-refractivity contribution in [1.82, 2.24) is 45.5 Å². The Bertz CT molecular complexity index is 3590. The molecule has 1 N–H and O–H groups in total. The van der Waals surface area contributed by atoms with Crippen LogP contribution in [0.5, 0.6) is 0 Å². The predicted octanol–water partition coefficient (Wildman–Crippen LogP) is 9.45. The Morgan fingerprint density at radius 3 is 1.37 bits per heavy atom. The van der Waals surface area contributed by atoms with E-state index in [0.717, 1.165) is 41.5 Å². The topological polar surface area (TPSA) is 171 Å². The Hall–Kier alpha value is -5.56. The molecule has 0 radical (unpaired) electrons. The van der Waals surface area contributed by atoms with Gasteiger partial charge < -0.3 is 32.0 Å². The molecule has 0 amide bonds. The van der Waals surface area contributed by atoms with Gasteiger partial charge in [0.2, 0.25) is 0 Å². The molecule has 0 aliphatic rings. The first-order chi connectivity index (χ1) is 43.5. The number of hydrogen-bond donors (Lipinski definition) is 1. The SMILES string of the molecule is C.Cc1cc(-c2ccccn2)[n-]n1.FC(F)(F)c1cc(-c2ccccn2)[n-]n1.FC(F)(F)c1cc(-c2ccccn2)n[nH]1.O=CO[O-].[Cl][Ir]([Cl])[Cl].[H-].[Ir+3].[Na+].[Na+].[c-]1ccccc1C[PH+](c1ccccc1)c1ccccc1.c1ccc(CP(c2ccccc2)c2ccccc2)cc1. The van der Waals surface area contributed by atoms with Gasteiger partial charge in [0.1, 0.15) is 17.1 Å². The number of carbonyl (C=O) groups excluding carboxylic acids is 1. The average Bonchev–Trinajstić information content (AvgIpc) is 1.85. The fourth-order valence-electron chi connectivity index (χ4n) is 7.91. The van der Waals surface area contributed by atoms with Crippen LogP contribution in [-0.4, -0.2) is 41.8 Å². The number of aryl methyl sites for hydroxylation is 1. The minimum Gasteiger partial charge on any atom is -1.00 e. The number of nitrogens with one attached hydrogen (secondary N) is 1. The molecular weight excluding hydrogens is 1690 g/mol. The van der Waals surface area contributed by atoms with Gasteiger partial charge in [0.25, 0.3) is 6.47 Å². The standard InChI is InChI=1S/C19H17P.C19H16P.C9H6F3N3.C9H5F3N3.C9H8N3.CH2O3.CH4.3ClH.2Ir.2Na.H/c2*1-4-10-17(11-5-1)16-20(18-12-6-2-7-13-18)19-14-8-3-9-15-19;2*10-9(11,12)8-5-7(14-15-8)6-3-1-2-4-13-6;1-7-6-9(12-11-7)8-4-2-3-5-10-8;2-1-4-3;;;;;;;;;/h1-15H,16H2;1-10,12-15H,16H2;1-5H,(H,14,15);1-5H;2-6H,1H3;1,3H;1H4;3*1H;;;;;/q;-1;;2*-1;;;;;;2*+3;2*+1;-1/p-3. The Morgan fingerprint density at radius 2 is 1.00 bits per heavy atom. The van der Waals surface area contributed by atoms with Gasteiger partial charge >= 0.3 is 134 Å². The van der Waals surface area contributed by atoms with Gasteiger partial charge in [0.05, 0.1) is 30.4 Å². The number of pyridine rings is 3. The van der Waals surface area contributed by atoms with Crippen molar-refractivity contribution in [2.75, 3.05) is 0 Å². The van der Waals surface area contributed by atoms with E-state index in [9.17, 15) is 26.3 Å². The van der Waals surface area contributed by atoms with Crippen molar-refractivity contribution in [2.24, 2.45) is 0 Å². The Kier molecular flexibility index (Phi) is 41.9. The maximum Gasteiger partial charge on any atom is 3.00 e. The molecule has 0 aliphatic heterocycles. The van der Waals surface area contributed by atoms with Crippen LogP contribution < -0.4 is 95.8 Å². The summed E-state index contributed by atoms with van der Waals surface area (Å²) in [5.41, 5.74) is 4.57. The summed E-state index contributed by atoms with van der Waals surface area (Å²) in [6.07, 6.45) is -1.95. The predicted molar refractivity (Wildman–Crippen MR) is 349 cm³/mol. The molecule has 12 aromatic rings. The molecule has 0 bridgehead atoms. The molecule has 0 saturated carbocycles. The number of aromatic amines is 1.